The number of nitrogens with zero attached hydrogens (tertiary/aromatic N) is 2. The lowest BCUT2D eigenvalue weighted by atomic mass is 9.95. The van der Waals surface area contributed by atoms with E-state index >= 15 is 0 Å². The molecule has 1 aromatic carbocycles. The summed E-state index contributed by atoms with van der Waals surface area (Å²) < 4.78 is 0. The highest BCUT2D eigenvalue weighted by Gasteiger charge is 2.43. The van der Waals surface area contributed by atoms with Crippen molar-refractivity contribution in [1.29, 1.82) is 0 Å². The average Bonchev–Trinajstić information content (AvgIpc) is 2.95. The molecule has 4 amide bonds. The van der Waals surface area contributed by atoms with Crippen molar-refractivity contribution in [3.8, 4) is 0 Å². The largest absolute Gasteiger partial charge is 0.354 e. The third-order valence-corrected chi connectivity index (χ3v) is 5.62. The highest BCUT2D eigenvalue weighted by Crippen LogP contribution is 2.39. The molecule has 2 N–H and O–H groups in total. The van der Waals surface area contributed by atoms with E-state index in [0.29, 0.717) is 26.9 Å². The summed E-state index contributed by atoms with van der Waals surface area (Å²) in [5.41, 5.74) is 1.63. The Labute approximate surface area is 173 Å². The summed E-state index contributed by atoms with van der Waals surface area (Å²) in [4.78, 5) is 40.5. The first-order chi connectivity index (χ1) is 13.2. The van der Waals surface area contributed by atoms with Crippen molar-refractivity contribution < 1.29 is 14.4 Å². The van der Waals surface area contributed by atoms with Crippen LogP contribution in [0.2, 0.25) is 10.0 Å². The van der Waals surface area contributed by atoms with E-state index in [1.54, 1.807) is 30.1 Å². The first-order valence-corrected chi connectivity index (χ1v) is 9.76. The molecule has 0 bridgehead atoms. The van der Waals surface area contributed by atoms with Gasteiger partial charge in [-0.05, 0) is 25.5 Å². The van der Waals surface area contributed by atoms with E-state index in [-0.39, 0.29) is 43.4 Å². The van der Waals surface area contributed by atoms with Gasteiger partial charge in [0.1, 0.15) is 0 Å². The van der Waals surface area contributed by atoms with Crippen LogP contribution in [0.5, 0.6) is 0 Å². The molecule has 1 atom stereocenters. The number of likely N-dealkylation sites (N-methyl/N-ethyl adjacent to an activating group) is 1. The average molecular weight is 425 g/mol. The topological polar surface area (TPSA) is 81.8 Å². The Balaban J connectivity index is 1.86. The van der Waals surface area contributed by atoms with Crippen LogP contribution in [0.4, 0.5) is 4.79 Å². The minimum Gasteiger partial charge on any atom is -0.354 e. The zero-order valence-corrected chi connectivity index (χ0v) is 17.4. The van der Waals surface area contributed by atoms with E-state index in [4.69, 9.17) is 23.2 Å². The van der Waals surface area contributed by atoms with Gasteiger partial charge >= 0.3 is 6.03 Å². The number of carbonyl (C=O) groups excluding carboxylic acids is 3. The Bertz CT molecular complexity index is 869. The SMILES string of the molecule is CC(C)NC(=O)CCN1CC2=C(C1=O)C(c1cccc(Cl)c1Cl)NC(=O)N2C. The predicted octanol–water partition coefficient (Wildman–Crippen LogP) is 2.70. The molecule has 0 spiro atoms. The molecule has 1 aromatic rings. The van der Waals surface area contributed by atoms with E-state index < -0.39 is 6.04 Å². The van der Waals surface area contributed by atoms with Gasteiger partial charge in [0.05, 0.1) is 33.9 Å². The second kappa shape index (κ2) is 8.01. The summed E-state index contributed by atoms with van der Waals surface area (Å²) in [6, 6.07) is 4.13. The quantitative estimate of drug-likeness (QED) is 0.761. The lowest BCUT2D eigenvalue weighted by Crippen LogP contribution is -2.45. The monoisotopic (exact) mass is 424 g/mol. The summed E-state index contributed by atoms with van der Waals surface area (Å²) >= 11 is 12.5. The van der Waals surface area contributed by atoms with Crippen LogP contribution >= 0.6 is 23.2 Å². The molecule has 9 heteroatoms. The number of hydrogen-bond donors (Lipinski definition) is 2. The number of amides is 4. The molecule has 7 nitrogen and oxygen atoms in total. The van der Waals surface area contributed by atoms with Crippen LogP contribution in [0.15, 0.2) is 29.5 Å². The van der Waals surface area contributed by atoms with E-state index in [0.717, 1.165) is 0 Å². The normalized spacial score (nSPS) is 19.3. The Hall–Kier alpha value is -2.25. The molecule has 150 valence electrons. The molecule has 2 heterocycles. The number of hydrogen-bond acceptors (Lipinski definition) is 3. The fraction of sp³-hybridized carbons (Fsp3) is 0.421. The first-order valence-electron chi connectivity index (χ1n) is 9.00. The maximum atomic E-state index is 13.1. The van der Waals surface area contributed by atoms with Crippen molar-refractivity contribution in [2.75, 3.05) is 20.1 Å². The van der Waals surface area contributed by atoms with E-state index in [9.17, 15) is 14.4 Å². The molecular weight excluding hydrogens is 403 g/mol. The van der Waals surface area contributed by atoms with E-state index in [1.165, 1.54) is 4.90 Å². The maximum absolute atomic E-state index is 13.1. The van der Waals surface area contributed by atoms with Gasteiger partial charge < -0.3 is 15.5 Å². The Kier molecular flexibility index (Phi) is 5.86. The lowest BCUT2D eigenvalue weighted by molar-refractivity contribution is -0.127. The van der Waals surface area contributed by atoms with Crippen LogP contribution in [-0.2, 0) is 9.59 Å². The molecule has 2 aliphatic heterocycles. The van der Waals surface area contributed by atoms with Gasteiger partial charge in [0, 0.05) is 26.1 Å². The van der Waals surface area contributed by atoms with Gasteiger partial charge in [0.15, 0.2) is 0 Å². The van der Waals surface area contributed by atoms with Crippen molar-refractivity contribution in [2.24, 2.45) is 0 Å². The highest BCUT2D eigenvalue weighted by atomic mass is 35.5. The summed E-state index contributed by atoms with van der Waals surface area (Å²) in [7, 11) is 1.61. The van der Waals surface area contributed by atoms with Gasteiger partial charge in [-0.15, -0.1) is 0 Å². The van der Waals surface area contributed by atoms with Crippen LogP contribution < -0.4 is 10.6 Å². The lowest BCUT2D eigenvalue weighted by Gasteiger charge is -2.31. The van der Waals surface area contributed by atoms with Gasteiger partial charge in [0.25, 0.3) is 5.91 Å². The number of rotatable bonds is 5. The standard InChI is InChI=1S/C19H22Cl2N4O3/c1-10(2)22-14(26)7-8-25-9-13-15(18(25)27)17(23-19(28)24(13)3)11-5-4-6-12(20)16(11)21/h4-6,10,17H,7-9H2,1-3H3,(H,22,26)(H,23,28). The zero-order chi connectivity index (χ0) is 20.6. The molecule has 28 heavy (non-hydrogen) atoms. The summed E-state index contributed by atoms with van der Waals surface area (Å²) in [6.45, 7) is 4.29. The van der Waals surface area contributed by atoms with Crippen LogP contribution in [0.1, 0.15) is 31.9 Å². The van der Waals surface area contributed by atoms with Crippen LogP contribution in [-0.4, -0.2) is 53.8 Å². The smallest absolute Gasteiger partial charge is 0.322 e. The summed E-state index contributed by atoms with van der Waals surface area (Å²) in [6.07, 6.45) is 0.193. The predicted molar refractivity (Wildman–Crippen MR) is 107 cm³/mol. The number of urea groups is 1. The van der Waals surface area contributed by atoms with Gasteiger partial charge in [-0.2, -0.15) is 0 Å². The number of nitrogens with one attached hydrogen (secondary N) is 2. The summed E-state index contributed by atoms with van der Waals surface area (Å²) in [5.74, 6) is -0.343. The van der Waals surface area contributed by atoms with Gasteiger partial charge in [0.2, 0.25) is 5.91 Å². The Morgan fingerprint density at radius 1 is 1.32 bits per heavy atom. The molecule has 3 rings (SSSR count). The van der Waals surface area contributed by atoms with E-state index in [2.05, 4.69) is 10.6 Å². The second-order valence-electron chi connectivity index (χ2n) is 7.14. The van der Waals surface area contributed by atoms with Gasteiger partial charge in [-0.25, -0.2) is 4.79 Å². The second-order valence-corrected chi connectivity index (χ2v) is 7.93. The number of carbonyl (C=O) groups is 3. The molecule has 2 aliphatic rings. The molecule has 0 fully saturated rings. The fourth-order valence-electron chi connectivity index (χ4n) is 3.41. The number of benzene rings is 1. The van der Waals surface area contributed by atoms with Gasteiger partial charge in [-0.3, -0.25) is 14.5 Å². The number of halogens is 2. The minimum atomic E-state index is -0.688. The van der Waals surface area contributed by atoms with Crippen molar-refractivity contribution >= 4 is 41.0 Å². The highest BCUT2D eigenvalue weighted by molar-refractivity contribution is 6.42. The third-order valence-electron chi connectivity index (χ3n) is 4.79. The molecule has 0 aromatic heterocycles. The fourth-order valence-corrected chi connectivity index (χ4v) is 3.83. The van der Waals surface area contributed by atoms with Crippen LogP contribution in [0.3, 0.4) is 0 Å². The van der Waals surface area contributed by atoms with E-state index in [1.807, 2.05) is 13.8 Å². The molecular formula is C19H22Cl2N4O3. The van der Waals surface area contributed by atoms with Gasteiger partial charge in [-0.1, -0.05) is 35.3 Å². The van der Waals surface area contributed by atoms with Crippen molar-refractivity contribution in [3.05, 3.63) is 45.1 Å². The van der Waals surface area contributed by atoms with Crippen molar-refractivity contribution in [2.45, 2.75) is 32.4 Å². The Morgan fingerprint density at radius 2 is 2.04 bits per heavy atom. The minimum absolute atomic E-state index is 0.0374. The van der Waals surface area contributed by atoms with Crippen LogP contribution in [0, 0.1) is 0 Å². The summed E-state index contributed by atoms with van der Waals surface area (Å²) in [5, 5.41) is 6.28. The molecule has 1 unspecified atom stereocenters. The van der Waals surface area contributed by atoms with Crippen molar-refractivity contribution in [3.63, 3.8) is 0 Å². The molecule has 0 aliphatic carbocycles. The Morgan fingerprint density at radius 3 is 2.71 bits per heavy atom. The molecule has 0 saturated heterocycles. The molecule has 0 saturated carbocycles. The zero-order valence-electron chi connectivity index (χ0n) is 15.9. The van der Waals surface area contributed by atoms with Crippen LogP contribution in [0.25, 0.3) is 0 Å². The van der Waals surface area contributed by atoms with Crippen molar-refractivity contribution in [1.82, 2.24) is 20.4 Å². The third kappa shape index (κ3) is 3.82. The molecule has 0 radical (unpaired) electrons. The maximum Gasteiger partial charge on any atom is 0.322 e. The first kappa shape index (κ1) is 20.5.